The minimum atomic E-state index is 0.379. The van der Waals surface area contributed by atoms with E-state index in [0.717, 1.165) is 38.2 Å². The quantitative estimate of drug-likeness (QED) is 0.779. The summed E-state index contributed by atoms with van der Waals surface area (Å²) in [7, 11) is 1.75. The van der Waals surface area contributed by atoms with Crippen LogP contribution in [0.1, 0.15) is 43.0 Å². The summed E-state index contributed by atoms with van der Waals surface area (Å²) < 4.78 is 10.8. The number of hydrogen-bond donors (Lipinski definition) is 2. The van der Waals surface area contributed by atoms with Gasteiger partial charge < -0.3 is 20.2 Å². The first kappa shape index (κ1) is 13.6. The number of rotatable bonds is 7. The minimum Gasteiger partial charge on any atom is -0.469 e. The summed E-state index contributed by atoms with van der Waals surface area (Å²) in [5.74, 6) is 1.15. The normalized spacial score (nSPS) is 20.7. The predicted octanol–water partition coefficient (Wildman–Crippen LogP) is 2.00. The first-order chi connectivity index (χ1) is 8.85. The highest BCUT2D eigenvalue weighted by molar-refractivity contribution is 5.24. The summed E-state index contributed by atoms with van der Waals surface area (Å²) in [6.07, 6.45) is 7.33. The number of fused-ring (bicyclic) bond motifs is 1. The highest BCUT2D eigenvalue weighted by Gasteiger charge is 2.24. The van der Waals surface area contributed by atoms with Gasteiger partial charge >= 0.3 is 0 Å². The molecule has 3 N–H and O–H groups in total. The van der Waals surface area contributed by atoms with Crippen LogP contribution in [0.2, 0.25) is 0 Å². The van der Waals surface area contributed by atoms with Gasteiger partial charge in [-0.3, -0.25) is 0 Å². The Kier molecular flexibility index (Phi) is 5.23. The lowest BCUT2D eigenvalue weighted by atomic mass is 9.92. The number of aryl methyl sites for hydroxylation is 1. The Morgan fingerprint density at radius 3 is 3.28 bits per heavy atom. The van der Waals surface area contributed by atoms with E-state index in [1.54, 1.807) is 13.4 Å². The molecule has 1 aromatic rings. The third-order valence-electron chi connectivity index (χ3n) is 3.61. The van der Waals surface area contributed by atoms with E-state index in [0.29, 0.717) is 12.1 Å². The SMILES string of the molecule is COCC(CCCN)NC1CCCc2occc21. The monoisotopic (exact) mass is 252 g/mol. The lowest BCUT2D eigenvalue weighted by Gasteiger charge is -2.28. The van der Waals surface area contributed by atoms with Gasteiger partial charge in [-0.15, -0.1) is 0 Å². The largest absolute Gasteiger partial charge is 0.469 e. The zero-order chi connectivity index (χ0) is 12.8. The molecule has 0 saturated heterocycles. The molecule has 1 aliphatic carbocycles. The molecule has 0 fully saturated rings. The van der Waals surface area contributed by atoms with Crippen molar-refractivity contribution in [1.82, 2.24) is 5.32 Å². The highest BCUT2D eigenvalue weighted by atomic mass is 16.5. The molecule has 0 saturated carbocycles. The second kappa shape index (κ2) is 6.92. The molecular weight excluding hydrogens is 228 g/mol. The molecule has 1 heterocycles. The maximum absolute atomic E-state index is 5.58. The summed E-state index contributed by atoms with van der Waals surface area (Å²) in [4.78, 5) is 0. The fourth-order valence-corrected chi connectivity index (χ4v) is 2.72. The number of ether oxygens (including phenoxy) is 1. The molecule has 18 heavy (non-hydrogen) atoms. The lowest BCUT2D eigenvalue weighted by molar-refractivity contribution is 0.153. The van der Waals surface area contributed by atoms with Crippen LogP contribution in [0.25, 0.3) is 0 Å². The van der Waals surface area contributed by atoms with Crippen molar-refractivity contribution in [1.29, 1.82) is 0 Å². The summed E-state index contributed by atoms with van der Waals surface area (Å²) in [6, 6.07) is 2.88. The second-order valence-electron chi connectivity index (χ2n) is 4.99. The molecule has 0 aliphatic heterocycles. The van der Waals surface area contributed by atoms with Gasteiger partial charge in [0.15, 0.2) is 0 Å². The number of nitrogens with one attached hydrogen (secondary N) is 1. The van der Waals surface area contributed by atoms with E-state index < -0.39 is 0 Å². The van der Waals surface area contributed by atoms with Crippen molar-refractivity contribution < 1.29 is 9.15 Å². The second-order valence-corrected chi connectivity index (χ2v) is 4.99. The van der Waals surface area contributed by atoms with E-state index in [4.69, 9.17) is 14.9 Å². The molecule has 1 aliphatic rings. The predicted molar refractivity (Wildman–Crippen MR) is 71.5 cm³/mol. The van der Waals surface area contributed by atoms with Crippen molar-refractivity contribution >= 4 is 0 Å². The fourth-order valence-electron chi connectivity index (χ4n) is 2.72. The fraction of sp³-hybridized carbons (Fsp3) is 0.714. The van der Waals surface area contributed by atoms with E-state index in [2.05, 4.69) is 11.4 Å². The summed E-state index contributed by atoms with van der Waals surface area (Å²) in [6.45, 7) is 1.48. The topological polar surface area (TPSA) is 60.4 Å². The van der Waals surface area contributed by atoms with Gasteiger partial charge in [-0.2, -0.15) is 0 Å². The zero-order valence-corrected chi connectivity index (χ0v) is 11.2. The van der Waals surface area contributed by atoms with Gasteiger partial charge in [-0.25, -0.2) is 0 Å². The van der Waals surface area contributed by atoms with Crippen LogP contribution in [-0.2, 0) is 11.2 Å². The van der Waals surface area contributed by atoms with Gasteiger partial charge in [-0.05, 0) is 38.3 Å². The number of methoxy groups -OCH3 is 1. The first-order valence-corrected chi connectivity index (χ1v) is 6.86. The van der Waals surface area contributed by atoms with Crippen molar-refractivity contribution in [2.24, 2.45) is 5.73 Å². The van der Waals surface area contributed by atoms with E-state index in [1.807, 2.05) is 0 Å². The zero-order valence-electron chi connectivity index (χ0n) is 11.2. The van der Waals surface area contributed by atoms with Crippen LogP contribution in [0.4, 0.5) is 0 Å². The van der Waals surface area contributed by atoms with Crippen molar-refractivity contribution in [2.45, 2.75) is 44.2 Å². The molecule has 1 aromatic heterocycles. The Bertz CT molecular complexity index is 351. The van der Waals surface area contributed by atoms with Crippen LogP contribution >= 0.6 is 0 Å². The van der Waals surface area contributed by atoms with Crippen LogP contribution in [-0.4, -0.2) is 26.3 Å². The van der Waals surface area contributed by atoms with Crippen molar-refractivity contribution in [3.63, 3.8) is 0 Å². The molecule has 0 radical (unpaired) electrons. The highest BCUT2D eigenvalue weighted by Crippen LogP contribution is 2.30. The number of nitrogens with two attached hydrogens (primary N) is 1. The molecule has 0 bridgehead atoms. The molecule has 0 aromatic carbocycles. The molecule has 2 atom stereocenters. The van der Waals surface area contributed by atoms with E-state index in [1.165, 1.54) is 18.4 Å². The molecule has 2 rings (SSSR count). The summed E-state index contributed by atoms with van der Waals surface area (Å²) >= 11 is 0. The van der Waals surface area contributed by atoms with Gasteiger partial charge in [0.05, 0.1) is 12.9 Å². The van der Waals surface area contributed by atoms with Crippen LogP contribution in [0.15, 0.2) is 16.7 Å². The third kappa shape index (κ3) is 3.34. The average molecular weight is 252 g/mol. The van der Waals surface area contributed by atoms with Crippen LogP contribution in [0.5, 0.6) is 0 Å². The molecule has 4 heteroatoms. The van der Waals surface area contributed by atoms with Gasteiger partial charge in [0, 0.05) is 31.2 Å². The van der Waals surface area contributed by atoms with Crippen LogP contribution in [0.3, 0.4) is 0 Å². The van der Waals surface area contributed by atoms with Crippen molar-refractivity contribution in [3.8, 4) is 0 Å². The van der Waals surface area contributed by atoms with Crippen LogP contribution < -0.4 is 11.1 Å². The Hall–Kier alpha value is -0.840. The molecular formula is C14H24N2O2. The van der Waals surface area contributed by atoms with E-state index >= 15 is 0 Å². The maximum atomic E-state index is 5.58. The first-order valence-electron chi connectivity index (χ1n) is 6.86. The Morgan fingerprint density at radius 1 is 1.61 bits per heavy atom. The maximum Gasteiger partial charge on any atom is 0.108 e. The molecule has 0 amide bonds. The molecule has 0 spiro atoms. The number of furan rings is 1. The summed E-state index contributed by atoms with van der Waals surface area (Å²) in [5, 5.41) is 3.69. The van der Waals surface area contributed by atoms with E-state index in [-0.39, 0.29) is 0 Å². The van der Waals surface area contributed by atoms with Gasteiger partial charge in [0.1, 0.15) is 5.76 Å². The summed E-state index contributed by atoms with van der Waals surface area (Å²) in [5.41, 5.74) is 6.91. The number of hydrogen-bond acceptors (Lipinski definition) is 4. The van der Waals surface area contributed by atoms with Crippen molar-refractivity contribution in [3.05, 3.63) is 23.7 Å². The molecule has 102 valence electrons. The average Bonchev–Trinajstić information content (AvgIpc) is 2.85. The lowest BCUT2D eigenvalue weighted by Crippen LogP contribution is -2.37. The molecule has 4 nitrogen and oxygen atoms in total. The van der Waals surface area contributed by atoms with Gasteiger partial charge in [0.2, 0.25) is 0 Å². The minimum absolute atomic E-state index is 0.379. The Labute approximate surface area is 109 Å². The molecule has 2 unspecified atom stereocenters. The Morgan fingerprint density at radius 2 is 2.50 bits per heavy atom. The standard InChI is InChI=1S/C14H24N2O2/c1-17-10-11(4-3-8-15)16-13-5-2-6-14-12(13)7-9-18-14/h7,9,11,13,16H,2-6,8,10,15H2,1H3. The smallest absolute Gasteiger partial charge is 0.108 e. The third-order valence-corrected chi connectivity index (χ3v) is 3.61. The Balaban J connectivity index is 1.95. The van der Waals surface area contributed by atoms with Gasteiger partial charge in [-0.1, -0.05) is 0 Å². The van der Waals surface area contributed by atoms with Crippen LogP contribution in [0, 0.1) is 0 Å². The van der Waals surface area contributed by atoms with Gasteiger partial charge in [0.25, 0.3) is 0 Å². The van der Waals surface area contributed by atoms with E-state index in [9.17, 15) is 0 Å². The van der Waals surface area contributed by atoms with Crippen molar-refractivity contribution in [2.75, 3.05) is 20.3 Å².